The van der Waals surface area contributed by atoms with E-state index in [9.17, 15) is 9.59 Å². The first kappa shape index (κ1) is 26.0. The van der Waals surface area contributed by atoms with E-state index in [2.05, 4.69) is 13.8 Å². The minimum Gasteiger partial charge on any atom is -0.494 e. The Morgan fingerprint density at radius 1 is 0.970 bits per heavy atom. The Kier molecular flexibility index (Phi) is 11.0. The van der Waals surface area contributed by atoms with E-state index in [1.165, 1.54) is 26.0 Å². The normalized spacial score (nSPS) is 10.9. The van der Waals surface area contributed by atoms with E-state index in [1.807, 2.05) is 0 Å². The molecule has 0 bridgehead atoms. The minimum atomic E-state index is -0.497. The number of carbonyl (C=O) groups is 2. The molecule has 0 atom stereocenters. The quantitative estimate of drug-likeness (QED) is 0.158. The Hall–Kier alpha value is -3.28. The Balaban J connectivity index is 1.90. The maximum Gasteiger partial charge on any atom is 0.343 e. The summed E-state index contributed by atoms with van der Waals surface area (Å²) in [5.74, 6) is 1.22. The van der Waals surface area contributed by atoms with E-state index in [4.69, 9.17) is 18.9 Å². The smallest absolute Gasteiger partial charge is 0.343 e. The lowest BCUT2D eigenvalue weighted by molar-refractivity contribution is -0.137. The zero-order valence-electron chi connectivity index (χ0n) is 20.0. The highest BCUT2D eigenvalue weighted by molar-refractivity contribution is 5.91. The monoisotopic (exact) mass is 454 g/mol. The van der Waals surface area contributed by atoms with Crippen LogP contribution in [-0.2, 0) is 9.53 Å². The van der Waals surface area contributed by atoms with Gasteiger partial charge in [-0.1, -0.05) is 39.2 Å². The summed E-state index contributed by atoms with van der Waals surface area (Å²) in [5.41, 5.74) is 1.12. The second-order valence-electron chi connectivity index (χ2n) is 8.00. The molecular weight excluding hydrogens is 420 g/mol. The standard InChI is InChI=1S/C27H34O6/c1-5-31-26(28)17-11-21-10-16-24(25(19-21)30-4)33-27(29)22-12-14-23(15-13-22)32-18-8-6-7-9-20(2)3/h10-17,19-20H,5-9,18H2,1-4H3/b17-11+. The van der Waals surface area contributed by atoms with Crippen LogP contribution >= 0.6 is 0 Å². The van der Waals surface area contributed by atoms with Crippen LogP contribution in [0.1, 0.15) is 62.4 Å². The molecule has 2 aromatic carbocycles. The predicted octanol–water partition coefficient (Wildman–Crippen LogP) is 6.09. The Morgan fingerprint density at radius 3 is 2.39 bits per heavy atom. The largest absolute Gasteiger partial charge is 0.494 e. The van der Waals surface area contributed by atoms with Crippen LogP contribution in [0.15, 0.2) is 48.5 Å². The number of methoxy groups -OCH3 is 1. The van der Waals surface area contributed by atoms with Crippen LogP contribution in [-0.4, -0.2) is 32.3 Å². The summed E-state index contributed by atoms with van der Waals surface area (Å²) in [6.45, 7) is 7.19. The fraction of sp³-hybridized carbons (Fsp3) is 0.407. The SMILES string of the molecule is CCOC(=O)/C=C/c1ccc(OC(=O)c2ccc(OCCCCCC(C)C)cc2)c(OC)c1. The molecule has 0 aliphatic rings. The van der Waals surface area contributed by atoms with Crippen LogP contribution in [0.3, 0.4) is 0 Å². The highest BCUT2D eigenvalue weighted by Crippen LogP contribution is 2.29. The van der Waals surface area contributed by atoms with Gasteiger partial charge in [-0.3, -0.25) is 0 Å². The van der Waals surface area contributed by atoms with Crippen LogP contribution in [0.2, 0.25) is 0 Å². The van der Waals surface area contributed by atoms with Crippen molar-refractivity contribution in [2.75, 3.05) is 20.3 Å². The number of esters is 2. The number of rotatable bonds is 13. The third-order valence-electron chi connectivity index (χ3n) is 4.87. The molecule has 0 aliphatic carbocycles. The summed E-state index contributed by atoms with van der Waals surface area (Å²) >= 11 is 0. The summed E-state index contributed by atoms with van der Waals surface area (Å²) in [4.78, 5) is 24.0. The first-order chi connectivity index (χ1) is 15.9. The van der Waals surface area contributed by atoms with Crippen molar-refractivity contribution in [3.05, 3.63) is 59.7 Å². The number of unbranched alkanes of at least 4 members (excludes halogenated alkanes) is 2. The van der Waals surface area contributed by atoms with Gasteiger partial charge in [-0.25, -0.2) is 9.59 Å². The first-order valence-electron chi connectivity index (χ1n) is 11.4. The van der Waals surface area contributed by atoms with Crippen LogP contribution in [0.25, 0.3) is 6.08 Å². The van der Waals surface area contributed by atoms with Gasteiger partial charge in [0.2, 0.25) is 0 Å². The van der Waals surface area contributed by atoms with E-state index in [0.29, 0.717) is 30.1 Å². The molecule has 6 nitrogen and oxygen atoms in total. The second kappa shape index (κ2) is 14.0. The highest BCUT2D eigenvalue weighted by Gasteiger charge is 2.13. The molecule has 0 aliphatic heterocycles. The van der Waals surface area contributed by atoms with Crippen LogP contribution in [0.5, 0.6) is 17.2 Å². The van der Waals surface area contributed by atoms with Gasteiger partial charge in [-0.2, -0.15) is 0 Å². The lowest BCUT2D eigenvalue weighted by atomic mass is 10.1. The predicted molar refractivity (Wildman–Crippen MR) is 129 cm³/mol. The van der Waals surface area contributed by atoms with E-state index < -0.39 is 11.9 Å². The molecule has 0 radical (unpaired) electrons. The van der Waals surface area contributed by atoms with Crippen molar-refractivity contribution < 1.29 is 28.5 Å². The van der Waals surface area contributed by atoms with Gasteiger partial charge < -0.3 is 18.9 Å². The molecule has 0 spiro atoms. The van der Waals surface area contributed by atoms with Gasteiger partial charge in [0.05, 0.1) is 25.9 Å². The molecule has 0 heterocycles. The summed E-state index contributed by atoms with van der Waals surface area (Å²) in [6.07, 6.45) is 7.57. The van der Waals surface area contributed by atoms with Crippen LogP contribution in [0, 0.1) is 5.92 Å². The lowest BCUT2D eigenvalue weighted by Crippen LogP contribution is -2.09. The zero-order valence-corrected chi connectivity index (χ0v) is 20.0. The molecule has 0 saturated carbocycles. The van der Waals surface area contributed by atoms with E-state index in [0.717, 1.165) is 24.5 Å². The van der Waals surface area contributed by atoms with Crippen molar-refractivity contribution in [2.45, 2.75) is 46.5 Å². The molecule has 0 aromatic heterocycles. The molecule has 0 saturated heterocycles. The third kappa shape index (κ3) is 9.39. The van der Waals surface area contributed by atoms with E-state index in [1.54, 1.807) is 55.5 Å². The average molecular weight is 455 g/mol. The molecule has 2 rings (SSSR count). The third-order valence-corrected chi connectivity index (χ3v) is 4.87. The summed E-state index contributed by atoms with van der Waals surface area (Å²) in [5, 5.41) is 0. The maximum atomic E-state index is 12.6. The van der Waals surface area contributed by atoms with E-state index >= 15 is 0 Å². The summed E-state index contributed by atoms with van der Waals surface area (Å²) < 4.78 is 21.5. The van der Waals surface area contributed by atoms with Crippen LogP contribution < -0.4 is 14.2 Å². The second-order valence-corrected chi connectivity index (χ2v) is 8.00. The minimum absolute atomic E-state index is 0.289. The van der Waals surface area contributed by atoms with Crippen molar-refractivity contribution in [1.82, 2.24) is 0 Å². The molecular formula is C27H34O6. The Morgan fingerprint density at radius 2 is 1.73 bits per heavy atom. The molecule has 0 unspecified atom stereocenters. The van der Waals surface area contributed by atoms with Gasteiger partial charge in [0.1, 0.15) is 5.75 Å². The topological polar surface area (TPSA) is 71.1 Å². The van der Waals surface area contributed by atoms with Crippen molar-refractivity contribution in [1.29, 1.82) is 0 Å². The molecule has 178 valence electrons. The number of hydrogen-bond donors (Lipinski definition) is 0. The number of ether oxygens (including phenoxy) is 4. The summed E-state index contributed by atoms with van der Waals surface area (Å²) in [6, 6.07) is 11.9. The fourth-order valence-electron chi connectivity index (χ4n) is 3.09. The molecule has 0 fully saturated rings. The van der Waals surface area contributed by atoms with Gasteiger partial charge in [-0.05, 0) is 67.3 Å². The van der Waals surface area contributed by atoms with Crippen molar-refractivity contribution in [3.8, 4) is 17.2 Å². The first-order valence-corrected chi connectivity index (χ1v) is 11.4. The number of hydrogen-bond acceptors (Lipinski definition) is 6. The molecule has 6 heteroatoms. The van der Waals surface area contributed by atoms with Gasteiger partial charge in [0.25, 0.3) is 0 Å². The average Bonchev–Trinajstić information content (AvgIpc) is 2.81. The van der Waals surface area contributed by atoms with Crippen molar-refractivity contribution >= 4 is 18.0 Å². The molecule has 0 N–H and O–H groups in total. The maximum absolute atomic E-state index is 12.6. The molecule has 2 aromatic rings. The zero-order chi connectivity index (χ0) is 24.1. The van der Waals surface area contributed by atoms with Crippen molar-refractivity contribution in [3.63, 3.8) is 0 Å². The Bertz CT molecular complexity index is 915. The van der Waals surface area contributed by atoms with Gasteiger partial charge >= 0.3 is 11.9 Å². The number of benzene rings is 2. The molecule has 33 heavy (non-hydrogen) atoms. The summed E-state index contributed by atoms with van der Waals surface area (Å²) in [7, 11) is 1.49. The lowest BCUT2D eigenvalue weighted by Gasteiger charge is -2.11. The van der Waals surface area contributed by atoms with Gasteiger partial charge in [0.15, 0.2) is 11.5 Å². The highest BCUT2D eigenvalue weighted by atomic mass is 16.6. The van der Waals surface area contributed by atoms with E-state index in [-0.39, 0.29) is 5.75 Å². The van der Waals surface area contributed by atoms with Gasteiger partial charge in [0, 0.05) is 6.08 Å². The van der Waals surface area contributed by atoms with Crippen LogP contribution in [0.4, 0.5) is 0 Å². The van der Waals surface area contributed by atoms with Gasteiger partial charge in [-0.15, -0.1) is 0 Å². The molecule has 0 amide bonds. The Labute approximate surface area is 196 Å². The van der Waals surface area contributed by atoms with Crippen molar-refractivity contribution in [2.24, 2.45) is 5.92 Å². The fourth-order valence-corrected chi connectivity index (χ4v) is 3.09. The number of carbonyl (C=O) groups excluding carboxylic acids is 2.